The molecule has 0 aromatic heterocycles. The molecule has 0 spiro atoms. The molecule has 1 N–H and O–H groups in total. The van der Waals surface area contributed by atoms with Crippen LogP contribution in [0.15, 0.2) is 24.3 Å². The van der Waals surface area contributed by atoms with Gasteiger partial charge < -0.3 is 15.0 Å². The number of ether oxygens (including phenoxy) is 1. The molecule has 0 saturated carbocycles. The molecular weight excluding hydrogens is 232 g/mol. The molecule has 18 heavy (non-hydrogen) atoms. The third-order valence-corrected chi connectivity index (χ3v) is 2.89. The summed E-state index contributed by atoms with van der Waals surface area (Å²) in [4.78, 5) is 25.1. The zero-order chi connectivity index (χ0) is 13.1. The van der Waals surface area contributed by atoms with E-state index in [4.69, 9.17) is 4.74 Å². The first kappa shape index (κ1) is 12.4. The largest absolute Gasteiger partial charge is 0.464 e. The van der Waals surface area contributed by atoms with Crippen molar-refractivity contribution in [2.24, 2.45) is 0 Å². The van der Waals surface area contributed by atoms with Gasteiger partial charge in [0.2, 0.25) is 0 Å². The summed E-state index contributed by atoms with van der Waals surface area (Å²) in [5, 5.41) is 2.67. The Kier molecular flexibility index (Phi) is 3.50. The van der Waals surface area contributed by atoms with E-state index in [9.17, 15) is 9.59 Å². The average Bonchev–Trinajstić information content (AvgIpc) is 2.75. The number of cyclic esters (lactones) is 1. The lowest BCUT2D eigenvalue weighted by Gasteiger charge is -2.13. The lowest BCUT2D eigenvalue weighted by molar-refractivity contribution is -0.139. The zero-order valence-electron chi connectivity index (χ0n) is 10.5. The van der Waals surface area contributed by atoms with E-state index >= 15 is 0 Å². The normalized spacial score (nSPS) is 18.3. The molecule has 1 saturated heterocycles. The van der Waals surface area contributed by atoms with Crippen molar-refractivity contribution in [3.63, 3.8) is 0 Å². The van der Waals surface area contributed by atoms with Crippen LogP contribution < -0.4 is 10.2 Å². The lowest BCUT2D eigenvalue weighted by atomic mass is 10.1. The summed E-state index contributed by atoms with van der Waals surface area (Å²) in [6.07, 6.45) is 0.542. The van der Waals surface area contributed by atoms with Gasteiger partial charge >= 0.3 is 5.97 Å². The number of anilines is 1. The van der Waals surface area contributed by atoms with Gasteiger partial charge in [-0.25, -0.2) is 4.79 Å². The fraction of sp³-hybridized carbons (Fsp3) is 0.385. The van der Waals surface area contributed by atoms with Crippen LogP contribution in [0.1, 0.15) is 16.8 Å². The average molecular weight is 248 g/mol. The summed E-state index contributed by atoms with van der Waals surface area (Å²) < 4.78 is 4.79. The van der Waals surface area contributed by atoms with Crippen LogP contribution in [0.5, 0.6) is 0 Å². The minimum atomic E-state index is -0.508. The number of hydrogen-bond acceptors (Lipinski definition) is 4. The maximum Gasteiger partial charge on any atom is 0.328 e. The van der Waals surface area contributed by atoms with Crippen LogP contribution in [0.4, 0.5) is 5.69 Å². The molecule has 0 bridgehead atoms. The van der Waals surface area contributed by atoms with E-state index < -0.39 is 6.04 Å². The predicted molar refractivity (Wildman–Crippen MR) is 67.6 cm³/mol. The highest BCUT2D eigenvalue weighted by Gasteiger charge is 2.28. The molecular formula is C13H16N2O3. The van der Waals surface area contributed by atoms with Crippen LogP contribution in [0.2, 0.25) is 0 Å². The van der Waals surface area contributed by atoms with Gasteiger partial charge in [0.15, 0.2) is 0 Å². The second kappa shape index (κ2) is 5.08. The molecule has 96 valence electrons. The third kappa shape index (κ3) is 2.61. The molecule has 2 rings (SSSR count). The van der Waals surface area contributed by atoms with Gasteiger partial charge in [-0.05, 0) is 24.3 Å². The Morgan fingerprint density at radius 2 is 2.00 bits per heavy atom. The van der Waals surface area contributed by atoms with Crippen molar-refractivity contribution in [1.29, 1.82) is 0 Å². The van der Waals surface area contributed by atoms with E-state index in [0.717, 1.165) is 5.69 Å². The van der Waals surface area contributed by atoms with Crippen molar-refractivity contribution in [2.45, 2.75) is 12.5 Å². The minimum absolute atomic E-state index is 0.246. The van der Waals surface area contributed by atoms with Crippen LogP contribution in [-0.2, 0) is 9.53 Å². The summed E-state index contributed by atoms with van der Waals surface area (Å²) in [5.74, 6) is -0.600. The first-order chi connectivity index (χ1) is 8.58. The Hall–Kier alpha value is -2.04. The van der Waals surface area contributed by atoms with Crippen molar-refractivity contribution < 1.29 is 14.3 Å². The van der Waals surface area contributed by atoms with Gasteiger partial charge in [0.05, 0.1) is 6.61 Å². The van der Waals surface area contributed by atoms with Crippen LogP contribution in [-0.4, -0.2) is 38.6 Å². The van der Waals surface area contributed by atoms with Crippen LogP contribution in [0.3, 0.4) is 0 Å². The molecule has 1 heterocycles. The second-order valence-electron chi connectivity index (χ2n) is 4.42. The molecule has 0 radical (unpaired) electrons. The van der Waals surface area contributed by atoms with E-state index in [1.807, 2.05) is 31.1 Å². The molecule has 5 nitrogen and oxygen atoms in total. The highest BCUT2D eigenvalue weighted by Crippen LogP contribution is 2.13. The van der Waals surface area contributed by atoms with E-state index in [-0.39, 0.29) is 11.9 Å². The topological polar surface area (TPSA) is 58.6 Å². The molecule has 1 fully saturated rings. The van der Waals surface area contributed by atoms with E-state index in [1.165, 1.54) is 0 Å². The molecule has 0 unspecified atom stereocenters. The SMILES string of the molecule is CN(C)c1ccc(C(=O)N[C@H]2CCOC2=O)cc1. The number of carbonyl (C=O) groups excluding carboxylic acids is 2. The molecule has 0 aliphatic carbocycles. The molecule has 1 atom stereocenters. The van der Waals surface area contributed by atoms with E-state index in [1.54, 1.807) is 12.1 Å². The van der Waals surface area contributed by atoms with Gasteiger partial charge in [0.25, 0.3) is 5.91 Å². The van der Waals surface area contributed by atoms with Crippen molar-refractivity contribution in [3.05, 3.63) is 29.8 Å². The molecule has 1 aliphatic rings. The van der Waals surface area contributed by atoms with Crippen molar-refractivity contribution in [2.75, 3.05) is 25.6 Å². The van der Waals surface area contributed by atoms with Gasteiger partial charge in [-0.3, -0.25) is 4.79 Å². The molecule has 1 aliphatic heterocycles. The maximum absolute atomic E-state index is 11.9. The fourth-order valence-corrected chi connectivity index (χ4v) is 1.78. The Labute approximate surface area is 106 Å². The number of esters is 1. The van der Waals surface area contributed by atoms with Crippen LogP contribution in [0.25, 0.3) is 0 Å². The van der Waals surface area contributed by atoms with Gasteiger partial charge in [-0.15, -0.1) is 0 Å². The predicted octanol–water partition coefficient (Wildman–Crippen LogP) is 0.798. The maximum atomic E-state index is 11.9. The Balaban J connectivity index is 2.02. The van der Waals surface area contributed by atoms with Gasteiger partial charge in [0.1, 0.15) is 6.04 Å². The van der Waals surface area contributed by atoms with Crippen molar-refractivity contribution in [3.8, 4) is 0 Å². The number of amides is 1. The standard InChI is InChI=1S/C13H16N2O3/c1-15(2)10-5-3-9(4-6-10)12(16)14-11-7-8-18-13(11)17/h3-6,11H,7-8H2,1-2H3,(H,14,16)/t11-/m0/s1. The highest BCUT2D eigenvalue weighted by atomic mass is 16.5. The number of carbonyl (C=O) groups is 2. The molecule has 1 aromatic carbocycles. The first-order valence-electron chi connectivity index (χ1n) is 5.83. The number of nitrogens with zero attached hydrogens (tertiary/aromatic N) is 1. The van der Waals surface area contributed by atoms with Crippen LogP contribution >= 0.6 is 0 Å². The Bertz CT molecular complexity index is 454. The summed E-state index contributed by atoms with van der Waals surface area (Å²) >= 11 is 0. The number of hydrogen-bond donors (Lipinski definition) is 1. The molecule has 1 aromatic rings. The van der Waals surface area contributed by atoms with Crippen LogP contribution in [0, 0.1) is 0 Å². The lowest BCUT2D eigenvalue weighted by Crippen LogP contribution is -2.37. The summed E-state index contributed by atoms with van der Waals surface area (Å²) in [6.45, 7) is 0.378. The number of nitrogens with one attached hydrogen (secondary N) is 1. The van der Waals surface area contributed by atoms with Gasteiger partial charge in [-0.1, -0.05) is 0 Å². The smallest absolute Gasteiger partial charge is 0.328 e. The molecule has 1 amide bonds. The zero-order valence-corrected chi connectivity index (χ0v) is 10.5. The Morgan fingerprint density at radius 3 is 2.50 bits per heavy atom. The minimum Gasteiger partial charge on any atom is -0.464 e. The fourth-order valence-electron chi connectivity index (χ4n) is 1.78. The third-order valence-electron chi connectivity index (χ3n) is 2.89. The summed E-state index contributed by atoms with van der Waals surface area (Å²) in [5.41, 5.74) is 1.56. The van der Waals surface area contributed by atoms with Gasteiger partial charge in [-0.2, -0.15) is 0 Å². The summed E-state index contributed by atoms with van der Waals surface area (Å²) in [7, 11) is 3.87. The highest BCUT2D eigenvalue weighted by molar-refractivity contribution is 5.97. The molecule has 5 heteroatoms. The Morgan fingerprint density at radius 1 is 1.33 bits per heavy atom. The first-order valence-corrected chi connectivity index (χ1v) is 5.83. The number of rotatable bonds is 3. The van der Waals surface area contributed by atoms with E-state index in [2.05, 4.69) is 5.32 Å². The van der Waals surface area contributed by atoms with E-state index in [0.29, 0.717) is 18.6 Å². The van der Waals surface area contributed by atoms with Gasteiger partial charge in [0, 0.05) is 31.8 Å². The summed E-state index contributed by atoms with van der Waals surface area (Å²) in [6, 6.07) is 6.70. The van der Waals surface area contributed by atoms with Crippen molar-refractivity contribution >= 4 is 17.6 Å². The van der Waals surface area contributed by atoms with Crippen molar-refractivity contribution in [1.82, 2.24) is 5.32 Å². The number of benzene rings is 1. The quantitative estimate of drug-likeness (QED) is 0.804. The second-order valence-corrected chi connectivity index (χ2v) is 4.42. The monoisotopic (exact) mass is 248 g/mol.